The van der Waals surface area contributed by atoms with Crippen LogP contribution in [0.25, 0.3) is 27.5 Å². The van der Waals surface area contributed by atoms with Gasteiger partial charge in [0.25, 0.3) is 17.9 Å². The van der Waals surface area contributed by atoms with Gasteiger partial charge < -0.3 is 15.0 Å². The van der Waals surface area contributed by atoms with Gasteiger partial charge in [0.2, 0.25) is 15.9 Å². The van der Waals surface area contributed by atoms with Crippen molar-refractivity contribution in [2.75, 3.05) is 29.0 Å². The van der Waals surface area contributed by atoms with Gasteiger partial charge in [-0.3, -0.25) is 28.2 Å². The number of anilines is 2. The maximum absolute atomic E-state index is 15.6. The van der Waals surface area contributed by atoms with Crippen LogP contribution in [0.4, 0.5) is 51.0 Å². The smallest absolute Gasteiger partial charge is 0.372 e. The van der Waals surface area contributed by atoms with E-state index in [1.54, 1.807) is 6.07 Å². The molecule has 2 fully saturated rings. The summed E-state index contributed by atoms with van der Waals surface area (Å²) >= 11 is 6.54. The lowest BCUT2D eigenvalue weighted by molar-refractivity contribution is -0.141. The Balaban J connectivity index is 1.28. The second kappa shape index (κ2) is 16.4. The van der Waals surface area contributed by atoms with Gasteiger partial charge in [0.05, 0.1) is 57.0 Å². The van der Waals surface area contributed by atoms with Gasteiger partial charge in [0.15, 0.2) is 5.82 Å². The third-order valence-electron chi connectivity index (χ3n) is 11.8. The molecular weight excluding hydrogens is 949 g/mol. The molecular formula is C42H37ClF9N9O5S. The summed E-state index contributed by atoms with van der Waals surface area (Å²) in [6.45, 7) is 1.57. The van der Waals surface area contributed by atoms with E-state index in [1.165, 1.54) is 12.1 Å². The van der Waals surface area contributed by atoms with Gasteiger partial charge in [-0.25, -0.2) is 31.0 Å². The summed E-state index contributed by atoms with van der Waals surface area (Å²) in [5.74, 6) is -10.3. The van der Waals surface area contributed by atoms with Crippen molar-refractivity contribution in [2.24, 2.45) is 5.92 Å². The first-order chi connectivity index (χ1) is 31.4. The summed E-state index contributed by atoms with van der Waals surface area (Å²) in [5.41, 5.74) is -3.78. The molecule has 3 aromatic carbocycles. The topological polar surface area (TPSA) is 158 Å². The molecule has 1 aliphatic heterocycles. The molecule has 25 heteroatoms. The van der Waals surface area contributed by atoms with E-state index in [9.17, 15) is 43.9 Å². The number of carbonyl (C=O) groups is 1. The van der Waals surface area contributed by atoms with Gasteiger partial charge in [-0.2, -0.15) is 32.1 Å². The molecule has 2 aliphatic carbocycles. The molecule has 14 nitrogen and oxygen atoms in total. The highest BCUT2D eigenvalue weighted by molar-refractivity contribution is 7.92. The van der Waals surface area contributed by atoms with Crippen LogP contribution in [0.3, 0.4) is 0 Å². The summed E-state index contributed by atoms with van der Waals surface area (Å²) in [7, 11) is -4.23. The number of morpholine rings is 1. The van der Waals surface area contributed by atoms with Crippen molar-refractivity contribution in [2.45, 2.75) is 82.5 Å². The Bertz CT molecular complexity index is 3150. The first kappa shape index (κ1) is 46.2. The summed E-state index contributed by atoms with van der Waals surface area (Å²) in [6.07, 6.45) is -8.72. The van der Waals surface area contributed by atoms with Crippen molar-refractivity contribution in [1.29, 1.82) is 0 Å². The molecule has 0 spiro atoms. The predicted molar refractivity (Wildman–Crippen MR) is 225 cm³/mol. The van der Waals surface area contributed by atoms with Crippen molar-refractivity contribution in [3.8, 4) is 5.69 Å². The van der Waals surface area contributed by atoms with Crippen molar-refractivity contribution in [3.63, 3.8) is 0 Å². The second-order valence-electron chi connectivity index (χ2n) is 17.0. The number of sulfonamides is 1. The molecule has 1 saturated heterocycles. The number of benzene rings is 3. The maximum atomic E-state index is 15.6. The molecule has 0 unspecified atom stereocenters. The Labute approximate surface area is 378 Å². The van der Waals surface area contributed by atoms with E-state index in [0.29, 0.717) is 40.5 Å². The van der Waals surface area contributed by atoms with Crippen LogP contribution in [0.15, 0.2) is 53.3 Å². The van der Waals surface area contributed by atoms with Crippen molar-refractivity contribution < 1.29 is 57.5 Å². The van der Waals surface area contributed by atoms with Gasteiger partial charge in [0, 0.05) is 42.7 Å². The lowest BCUT2D eigenvalue weighted by Gasteiger charge is -2.37. The standard InChI is InChI=1S/C42H37ClF9N9O5S/c1-18-14-58(15-19(2)66-18)23-4-5-24-28(12-23)54-39(61(40(24)63)30-7-6-27(43)33-35(30)60(17-41(48,49)50)56-38(33)57-67(3,64)65)29(10-20-8-21(44)11-22(45)9-20)53-31(62)16-59-36-32(34(55-59)37(46)47)25-13-26(25)42(36,51)52/h4-9,11-12,18-19,25-26,29,37H,10,13-17H2,1-3H3,(H,53,62)(H,56,57)/t18-,19+,25-,26+,29-/m0/s1. The molecule has 0 bridgehead atoms. The predicted octanol–water partition coefficient (Wildman–Crippen LogP) is 7.66. The quantitative estimate of drug-likeness (QED) is 0.118. The van der Waals surface area contributed by atoms with Gasteiger partial charge in [-0.05, 0) is 74.2 Å². The molecule has 9 rings (SSSR count). The van der Waals surface area contributed by atoms with Crippen molar-refractivity contribution in [1.82, 2.24) is 34.4 Å². The Hall–Kier alpha value is -5.88. The Morgan fingerprint density at radius 1 is 1.00 bits per heavy atom. The average molecular weight is 986 g/mol. The van der Waals surface area contributed by atoms with E-state index in [4.69, 9.17) is 21.3 Å². The number of hydrogen-bond donors (Lipinski definition) is 2. The highest BCUT2D eigenvalue weighted by atomic mass is 35.5. The molecule has 5 atom stereocenters. The molecule has 3 aliphatic rings. The fourth-order valence-corrected chi connectivity index (χ4v) is 10.1. The van der Waals surface area contributed by atoms with Crippen LogP contribution < -0.4 is 20.5 Å². The number of amides is 1. The van der Waals surface area contributed by atoms with E-state index < -0.39 is 129 Å². The zero-order chi connectivity index (χ0) is 48.2. The number of aromatic nitrogens is 6. The number of nitrogens with zero attached hydrogens (tertiary/aromatic N) is 7. The highest BCUT2D eigenvalue weighted by Gasteiger charge is 2.67. The van der Waals surface area contributed by atoms with E-state index in [0.717, 1.165) is 28.8 Å². The van der Waals surface area contributed by atoms with Crippen molar-refractivity contribution >= 4 is 60.8 Å². The van der Waals surface area contributed by atoms with Crippen LogP contribution in [0, 0.1) is 17.6 Å². The monoisotopic (exact) mass is 985 g/mol. The highest BCUT2D eigenvalue weighted by Crippen LogP contribution is 2.68. The Morgan fingerprint density at radius 3 is 2.33 bits per heavy atom. The summed E-state index contributed by atoms with van der Waals surface area (Å²) < 4.78 is 167. The second-order valence-corrected chi connectivity index (χ2v) is 19.2. The van der Waals surface area contributed by atoms with E-state index in [-0.39, 0.29) is 45.7 Å². The Morgan fingerprint density at radius 2 is 1.69 bits per heavy atom. The Kier molecular flexibility index (Phi) is 11.3. The van der Waals surface area contributed by atoms with Crippen molar-refractivity contribution in [3.05, 3.63) is 104 Å². The molecule has 0 radical (unpaired) electrons. The molecule has 1 saturated carbocycles. The number of rotatable bonds is 12. The maximum Gasteiger partial charge on any atom is 0.408 e. The molecule has 4 heterocycles. The number of nitrogens with one attached hydrogen (secondary N) is 2. The minimum atomic E-state index is -5.01. The van der Waals surface area contributed by atoms with Crippen LogP contribution in [0.5, 0.6) is 0 Å². The minimum absolute atomic E-state index is 0.0380. The van der Waals surface area contributed by atoms with Gasteiger partial charge in [0.1, 0.15) is 41.9 Å². The van der Waals surface area contributed by atoms with Gasteiger partial charge >= 0.3 is 6.18 Å². The zero-order valence-corrected chi connectivity index (χ0v) is 36.8. The van der Waals surface area contributed by atoms with Gasteiger partial charge in [-0.1, -0.05) is 11.6 Å². The fourth-order valence-electron chi connectivity index (χ4n) is 9.34. The summed E-state index contributed by atoms with van der Waals surface area (Å²) in [6, 6.07) is 7.36. The van der Waals surface area contributed by atoms with Crippen LogP contribution in [-0.2, 0) is 45.0 Å². The first-order valence-electron chi connectivity index (χ1n) is 20.6. The van der Waals surface area contributed by atoms with E-state index in [1.807, 2.05) is 23.5 Å². The lowest BCUT2D eigenvalue weighted by Crippen LogP contribution is -2.45. The molecule has 2 N–H and O–H groups in total. The number of alkyl halides is 7. The molecule has 6 aromatic rings. The minimum Gasteiger partial charge on any atom is -0.372 e. The molecule has 1 amide bonds. The average Bonchev–Trinajstić information content (AvgIpc) is 3.73. The van der Waals surface area contributed by atoms with Crippen LogP contribution in [0.1, 0.15) is 67.0 Å². The molecule has 356 valence electrons. The van der Waals surface area contributed by atoms with Crippen LogP contribution in [0.2, 0.25) is 5.02 Å². The van der Waals surface area contributed by atoms with Gasteiger partial charge in [-0.15, -0.1) is 0 Å². The third-order valence-corrected chi connectivity index (χ3v) is 12.7. The lowest BCUT2D eigenvalue weighted by atomic mass is 10.0. The fraction of sp³-hybridized carbons (Fsp3) is 0.405. The summed E-state index contributed by atoms with van der Waals surface area (Å²) in [5, 5.41) is 9.29. The first-order valence-corrected chi connectivity index (χ1v) is 22.9. The number of ether oxygens (including phenoxy) is 1. The summed E-state index contributed by atoms with van der Waals surface area (Å²) in [4.78, 5) is 36.1. The van der Waals surface area contributed by atoms with Crippen LogP contribution >= 0.6 is 11.6 Å². The molecule has 67 heavy (non-hydrogen) atoms. The number of hydrogen-bond acceptors (Lipinski definition) is 9. The van der Waals surface area contributed by atoms with E-state index >= 15 is 13.6 Å². The van der Waals surface area contributed by atoms with E-state index in [2.05, 4.69) is 15.5 Å². The number of carbonyl (C=O) groups excluding carboxylic acids is 1. The van der Waals surface area contributed by atoms with Crippen LogP contribution in [-0.4, -0.2) is 81.2 Å². The molecule has 3 aromatic heterocycles. The third kappa shape index (κ3) is 8.78. The SMILES string of the molecule is C[C@@H]1CN(c2ccc3c(=O)n(-c4ccc(Cl)c5c(NS(C)(=O)=O)nn(CC(F)(F)F)c45)c([C@H](Cc4cc(F)cc(F)c4)NC(=O)Cn4nc(C(F)F)c5c4C(F)(F)[C@@H]4C[C@H]54)nc3c2)C[C@H](C)O1. The zero-order valence-electron chi connectivity index (χ0n) is 35.2. The normalized spacial score (nSPS) is 20.7. The number of halogens is 10. The number of fused-ring (bicyclic) bond motifs is 5. The largest absolute Gasteiger partial charge is 0.408 e.